The van der Waals surface area contributed by atoms with E-state index in [2.05, 4.69) is 5.10 Å². The second-order valence-electron chi connectivity index (χ2n) is 4.59. The third kappa shape index (κ3) is 1.64. The number of halogens is 2. The Morgan fingerprint density at radius 3 is 2.50 bits per heavy atom. The van der Waals surface area contributed by atoms with Crippen LogP contribution in [-0.2, 0) is 23.6 Å². The van der Waals surface area contributed by atoms with Crippen LogP contribution in [0.25, 0.3) is 0 Å². The SMILES string of the molecule is CC(C)n1nc(C(C)(F)F)c2c1CC(=O)C2. The number of aromatic nitrogens is 2. The van der Waals surface area contributed by atoms with E-state index in [0.29, 0.717) is 11.3 Å². The van der Waals surface area contributed by atoms with Crippen LogP contribution < -0.4 is 0 Å². The van der Waals surface area contributed by atoms with Gasteiger partial charge in [-0.3, -0.25) is 9.48 Å². The molecule has 5 heteroatoms. The second kappa shape index (κ2) is 3.37. The highest BCUT2D eigenvalue weighted by atomic mass is 19.3. The molecule has 1 aromatic heterocycles. The summed E-state index contributed by atoms with van der Waals surface area (Å²) in [6.45, 7) is 4.56. The van der Waals surface area contributed by atoms with Crippen LogP contribution in [0.4, 0.5) is 8.78 Å². The quantitative estimate of drug-likeness (QED) is 0.778. The number of carbonyl (C=O) groups is 1. The molecule has 1 aromatic rings. The van der Waals surface area contributed by atoms with E-state index in [4.69, 9.17) is 0 Å². The van der Waals surface area contributed by atoms with Crippen LogP contribution >= 0.6 is 0 Å². The van der Waals surface area contributed by atoms with Crippen LogP contribution in [0, 0.1) is 0 Å². The fourth-order valence-electron chi connectivity index (χ4n) is 2.10. The molecule has 0 N–H and O–H groups in total. The van der Waals surface area contributed by atoms with E-state index in [-0.39, 0.29) is 30.4 Å². The summed E-state index contributed by atoms with van der Waals surface area (Å²) < 4.78 is 28.2. The van der Waals surface area contributed by atoms with Crippen LogP contribution in [-0.4, -0.2) is 15.6 Å². The second-order valence-corrected chi connectivity index (χ2v) is 4.59. The lowest BCUT2D eigenvalue weighted by molar-refractivity contribution is -0.117. The van der Waals surface area contributed by atoms with Crippen LogP contribution in [0.15, 0.2) is 0 Å². The van der Waals surface area contributed by atoms with E-state index in [1.807, 2.05) is 13.8 Å². The Balaban J connectivity index is 2.58. The third-order valence-corrected chi connectivity index (χ3v) is 2.76. The minimum absolute atomic E-state index is 0.00394. The van der Waals surface area contributed by atoms with Crippen molar-refractivity contribution in [2.24, 2.45) is 0 Å². The summed E-state index contributed by atoms with van der Waals surface area (Å²) in [4.78, 5) is 11.3. The summed E-state index contributed by atoms with van der Waals surface area (Å²) in [7, 11) is 0. The first-order valence-corrected chi connectivity index (χ1v) is 5.31. The van der Waals surface area contributed by atoms with Gasteiger partial charge >= 0.3 is 0 Å². The predicted octanol–water partition coefficient (Wildman–Crippen LogP) is 2.24. The Kier molecular flexibility index (Phi) is 2.36. The Morgan fingerprint density at radius 1 is 1.38 bits per heavy atom. The lowest BCUT2D eigenvalue weighted by atomic mass is 10.1. The molecule has 0 saturated carbocycles. The van der Waals surface area contributed by atoms with Gasteiger partial charge in [-0.25, -0.2) is 0 Å². The van der Waals surface area contributed by atoms with Crippen LogP contribution in [0.5, 0.6) is 0 Å². The number of rotatable bonds is 2. The van der Waals surface area contributed by atoms with Crippen LogP contribution in [0.1, 0.15) is 43.8 Å². The lowest BCUT2D eigenvalue weighted by Crippen LogP contribution is -2.14. The molecule has 0 atom stereocenters. The number of fused-ring (bicyclic) bond motifs is 1. The molecule has 16 heavy (non-hydrogen) atoms. The van der Waals surface area contributed by atoms with Gasteiger partial charge in [-0.2, -0.15) is 13.9 Å². The van der Waals surface area contributed by atoms with Crippen molar-refractivity contribution in [2.45, 2.75) is 45.6 Å². The van der Waals surface area contributed by atoms with Crippen molar-refractivity contribution in [3.63, 3.8) is 0 Å². The minimum Gasteiger partial charge on any atom is -0.299 e. The summed E-state index contributed by atoms with van der Waals surface area (Å²) in [5, 5.41) is 3.95. The van der Waals surface area contributed by atoms with E-state index in [1.54, 1.807) is 4.68 Å². The van der Waals surface area contributed by atoms with Crippen molar-refractivity contribution in [2.75, 3.05) is 0 Å². The first-order valence-electron chi connectivity index (χ1n) is 5.31. The maximum atomic E-state index is 13.3. The number of Topliss-reactive ketones (excluding diaryl/α,β-unsaturated/α-hetero) is 1. The number of carbonyl (C=O) groups excluding carboxylic acids is 1. The van der Waals surface area contributed by atoms with Gasteiger partial charge in [0, 0.05) is 31.4 Å². The number of hydrogen-bond donors (Lipinski definition) is 0. The highest BCUT2D eigenvalue weighted by Crippen LogP contribution is 2.35. The fraction of sp³-hybridized carbons (Fsp3) is 0.636. The zero-order chi connectivity index (χ0) is 12.1. The Bertz CT molecular complexity index is 444. The van der Waals surface area contributed by atoms with Crippen LogP contribution in [0.3, 0.4) is 0 Å². The van der Waals surface area contributed by atoms with Gasteiger partial charge < -0.3 is 0 Å². The van der Waals surface area contributed by atoms with Crippen molar-refractivity contribution in [3.05, 3.63) is 17.0 Å². The van der Waals surface area contributed by atoms with Crippen molar-refractivity contribution >= 4 is 5.78 Å². The highest BCUT2D eigenvalue weighted by Gasteiger charge is 2.38. The standard InChI is InChI=1S/C11H14F2N2O/c1-6(2)15-9-5-7(16)4-8(9)10(14-15)11(3,12)13/h6H,4-5H2,1-3H3. The normalized spacial score (nSPS) is 16.0. The van der Waals surface area contributed by atoms with Gasteiger partial charge in [0.1, 0.15) is 11.5 Å². The molecule has 1 aliphatic rings. The molecule has 2 rings (SSSR count). The smallest absolute Gasteiger partial charge is 0.289 e. The third-order valence-electron chi connectivity index (χ3n) is 2.76. The molecule has 1 heterocycles. The van der Waals surface area contributed by atoms with E-state index < -0.39 is 5.92 Å². The highest BCUT2D eigenvalue weighted by molar-refractivity contribution is 5.87. The number of alkyl halides is 2. The molecular weight excluding hydrogens is 214 g/mol. The van der Waals surface area contributed by atoms with Gasteiger partial charge in [-0.15, -0.1) is 0 Å². The van der Waals surface area contributed by atoms with Crippen molar-refractivity contribution in [1.29, 1.82) is 0 Å². The van der Waals surface area contributed by atoms with Crippen LogP contribution in [0.2, 0.25) is 0 Å². The number of nitrogens with zero attached hydrogens (tertiary/aromatic N) is 2. The molecule has 1 aliphatic carbocycles. The van der Waals surface area contributed by atoms with Gasteiger partial charge in [0.25, 0.3) is 5.92 Å². The molecule has 88 valence electrons. The molecule has 0 unspecified atom stereocenters. The summed E-state index contributed by atoms with van der Waals surface area (Å²) in [6.07, 6.45) is 0.331. The largest absolute Gasteiger partial charge is 0.299 e. The monoisotopic (exact) mass is 228 g/mol. The molecule has 0 aromatic carbocycles. The summed E-state index contributed by atoms with van der Waals surface area (Å²) in [5.41, 5.74) is 0.866. The average Bonchev–Trinajstić information content (AvgIpc) is 2.57. The van der Waals surface area contributed by atoms with E-state index in [1.165, 1.54) is 0 Å². The molecule has 3 nitrogen and oxygen atoms in total. The molecule has 0 aliphatic heterocycles. The zero-order valence-corrected chi connectivity index (χ0v) is 9.55. The maximum absolute atomic E-state index is 13.3. The van der Waals surface area contributed by atoms with Gasteiger partial charge in [0.05, 0.1) is 5.69 Å². The maximum Gasteiger partial charge on any atom is 0.289 e. The van der Waals surface area contributed by atoms with Crippen molar-refractivity contribution in [1.82, 2.24) is 9.78 Å². The van der Waals surface area contributed by atoms with E-state index >= 15 is 0 Å². The molecule has 0 radical (unpaired) electrons. The van der Waals surface area contributed by atoms with Crippen molar-refractivity contribution in [3.8, 4) is 0 Å². The van der Waals surface area contributed by atoms with Gasteiger partial charge in [-0.1, -0.05) is 0 Å². The Morgan fingerprint density at radius 2 is 2.00 bits per heavy atom. The Hall–Kier alpha value is -1.26. The average molecular weight is 228 g/mol. The number of hydrogen-bond acceptors (Lipinski definition) is 2. The predicted molar refractivity (Wildman–Crippen MR) is 54.6 cm³/mol. The van der Waals surface area contributed by atoms with Gasteiger partial charge in [-0.05, 0) is 13.8 Å². The minimum atomic E-state index is -2.98. The fourth-order valence-corrected chi connectivity index (χ4v) is 2.10. The topological polar surface area (TPSA) is 34.9 Å². The Labute approximate surface area is 92.4 Å². The first-order chi connectivity index (χ1) is 7.30. The summed E-state index contributed by atoms with van der Waals surface area (Å²) in [6, 6.07) is -0.00394. The van der Waals surface area contributed by atoms with E-state index in [9.17, 15) is 13.6 Å². The molecule has 0 amide bonds. The first kappa shape index (κ1) is 11.2. The number of ketones is 1. The van der Waals surface area contributed by atoms with Gasteiger partial charge in [0.15, 0.2) is 0 Å². The molecular formula is C11H14F2N2O. The summed E-state index contributed by atoms with van der Waals surface area (Å²) >= 11 is 0. The lowest BCUT2D eigenvalue weighted by Gasteiger charge is -2.10. The molecule has 0 fully saturated rings. The molecule has 0 bridgehead atoms. The van der Waals surface area contributed by atoms with Crippen molar-refractivity contribution < 1.29 is 13.6 Å². The summed E-state index contributed by atoms with van der Waals surface area (Å²) in [5.74, 6) is -2.98. The molecule has 0 saturated heterocycles. The van der Waals surface area contributed by atoms with Gasteiger partial charge in [0.2, 0.25) is 0 Å². The van der Waals surface area contributed by atoms with E-state index in [0.717, 1.165) is 6.92 Å². The zero-order valence-electron chi connectivity index (χ0n) is 9.55. The molecule has 0 spiro atoms.